The topological polar surface area (TPSA) is 83.4 Å². The second kappa shape index (κ2) is 10.6. The van der Waals surface area contributed by atoms with Crippen LogP contribution >= 0.6 is 23.4 Å². The number of amides is 2. The molecule has 0 aromatic heterocycles. The number of ether oxygens (including phenoxy) is 1. The number of methoxy groups -OCH3 is 1. The van der Waals surface area contributed by atoms with Gasteiger partial charge in [0.05, 0.1) is 18.9 Å². The van der Waals surface area contributed by atoms with E-state index in [0.717, 1.165) is 22.6 Å². The Morgan fingerprint density at radius 1 is 1.08 bits per heavy atom. The van der Waals surface area contributed by atoms with Crippen molar-refractivity contribution in [3.63, 3.8) is 0 Å². The largest absolute Gasteiger partial charge is 0.497 e. The molecular weight excluding hydrogens is 496 g/mol. The zero-order valence-electron chi connectivity index (χ0n) is 19.4. The average Bonchev–Trinajstić information content (AvgIpc) is 3.49. The molecule has 3 aromatic carbocycles. The van der Waals surface area contributed by atoms with Crippen LogP contribution in [0.4, 0.5) is 5.69 Å². The molecule has 1 N–H and O–H groups in total. The van der Waals surface area contributed by atoms with Crippen LogP contribution in [0, 0.1) is 0 Å². The van der Waals surface area contributed by atoms with Crippen molar-refractivity contribution < 1.29 is 14.3 Å². The molecule has 2 heterocycles. The van der Waals surface area contributed by atoms with Gasteiger partial charge in [-0.15, -0.1) is 0 Å². The monoisotopic (exact) mass is 518 g/mol. The lowest BCUT2D eigenvalue weighted by atomic mass is 9.98. The van der Waals surface area contributed by atoms with E-state index in [9.17, 15) is 9.59 Å². The smallest absolute Gasteiger partial charge is 0.262 e. The Balaban J connectivity index is 1.36. The lowest BCUT2D eigenvalue weighted by Gasteiger charge is -2.23. The molecule has 7 nitrogen and oxygen atoms in total. The number of nitrogens with one attached hydrogen (secondary N) is 1. The number of hydrogen-bond acceptors (Lipinski definition) is 6. The molecule has 0 spiro atoms. The summed E-state index contributed by atoms with van der Waals surface area (Å²) in [5, 5.41) is 10.0. The van der Waals surface area contributed by atoms with Crippen molar-refractivity contribution in [2.24, 2.45) is 10.1 Å². The molecule has 0 saturated carbocycles. The molecule has 0 radical (unpaired) electrons. The number of hydrogen-bond donors (Lipinski definition) is 1. The Bertz CT molecular complexity index is 1330. The van der Waals surface area contributed by atoms with Crippen molar-refractivity contribution in [3.05, 3.63) is 95.0 Å². The molecule has 0 aliphatic carbocycles. The van der Waals surface area contributed by atoms with Crippen LogP contribution in [0.15, 0.2) is 89.0 Å². The van der Waals surface area contributed by atoms with Gasteiger partial charge in [-0.2, -0.15) is 10.1 Å². The molecule has 5 rings (SSSR count). The lowest BCUT2D eigenvalue weighted by Crippen LogP contribution is -2.25. The Labute approximate surface area is 218 Å². The normalized spacial score (nSPS) is 19.2. The summed E-state index contributed by atoms with van der Waals surface area (Å²) in [6.45, 7) is 0. The van der Waals surface area contributed by atoms with Gasteiger partial charge in [-0.25, -0.2) is 5.01 Å². The van der Waals surface area contributed by atoms with Crippen LogP contribution < -0.4 is 10.1 Å². The van der Waals surface area contributed by atoms with E-state index in [1.807, 2.05) is 66.7 Å². The molecule has 2 aliphatic rings. The van der Waals surface area contributed by atoms with Crippen molar-refractivity contribution in [2.75, 3.05) is 12.4 Å². The van der Waals surface area contributed by atoms with Crippen LogP contribution in [0.25, 0.3) is 0 Å². The van der Waals surface area contributed by atoms with Gasteiger partial charge in [0, 0.05) is 23.6 Å². The summed E-state index contributed by atoms with van der Waals surface area (Å²) >= 11 is 7.35. The van der Waals surface area contributed by atoms with Crippen LogP contribution in [-0.4, -0.2) is 40.1 Å². The van der Waals surface area contributed by atoms with E-state index in [2.05, 4.69) is 10.3 Å². The molecule has 9 heteroatoms. The predicted octanol–water partition coefficient (Wildman–Crippen LogP) is 5.53. The molecule has 182 valence electrons. The molecule has 3 aromatic rings. The number of thioether (sulfide) groups is 1. The zero-order chi connectivity index (χ0) is 25.1. The highest BCUT2D eigenvalue weighted by Gasteiger charge is 2.39. The number of benzene rings is 3. The molecule has 0 saturated heterocycles. The van der Waals surface area contributed by atoms with E-state index in [1.165, 1.54) is 11.8 Å². The maximum Gasteiger partial charge on any atom is 0.262 e. The number of halogens is 1. The van der Waals surface area contributed by atoms with Gasteiger partial charge in [-0.05, 0) is 47.5 Å². The highest BCUT2D eigenvalue weighted by Crippen LogP contribution is 2.39. The second-order valence-electron chi connectivity index (χ2n) is 8.35. The highest BCUT2D eigenvalue weighted by atomic mass is 35.5. The SMILES string of the molecule is COc1ccc([C@H]2CC(c3ccc(Cl)cc3)=NN2C2=NC(=O)[C@@H](CC(=O)Nc3ccccc3)S2)cc1. The van der Waals surface area contributed by atoms with E-state index in [0.29, 0.717) is 22.3 Å². The lowest BCUT2D eigenvalue weighted by molar-refractivity contribution is -0.121. The fraction of sp³-hybridized carbons (Fsp3) is 0.185. The first-order valence-corrected chi connectivity index (χ1v) is 12.7. The van der Waals surface area contributed by atoms with E-state index >= 15 is 0 Å². The summed E-state index contributed by atoms with van der Waals surface area (Å²) in [6.07, 6.45) is 0.654. The minimum Gasteiger partial charge on any atom is -0.497 e. The quantitative estimate of drug-likeness (QED) is 0.464. The Kier molecular flexibility index (Phi) is 7.06. The standard InChI is InChI=1S/C27H23ClN4O3S/c1-35-21-13-9-18(10-14-21)23-15-22(17-7-11-19(28)12-8-17)31-32(23)27-30-26(34)24(36-27)16-25(33)29-20-5-3-2-4-6-20/h2-14,23-24H,15-16H2,1H3,(H,29,33)/t23-,24-/m1/s1. The number of nitrogens with zero attached hydrogens (tertiary/aromatic N) is 3. The fourth-order valence-corrected chi connectivity index (χ4v) is 5.28. The molecule has 36 heavy (non-hydrogen) atoms. The molecule has 0 bridgehead atoms. The molecule has 2 atom stereocenters. The Hall–Kier alpha value is -3.62. The zero-order valence-corrected chi connectivity index (χ0v) is 21.0. The van der Waals surface area contributed by atoms with Crippen molar-refractivity contribution in [1.29, 1.82) is 0 Å². The number of para-hydroxylation sites is 1. The molecule has 2 amide bonds. The van der Waals surface area contributed by atoms with Crippen LogP contribution in [0.3, 0.4) is 0 Å². The molecule has 2 aliphatic heterocycles. The summed E-state index contributed by atoms with van der Waals surface area (Å²) in [5.74, 6) is 0.193. The van der Waals surface area contributed by atoms with Crippen LogP contribution in [0.2, 0.25) is 5.02 Å². The summed E-state index contributed by atoms with van der Waals surface area (Å²) in [4.78, 5) is 29.6. The van der Waals surface area contributed by atoms with Gasteiger partial charge in [0.25, 0.3) is 5.91 Å². The summed E-state index contributed by atoms with van der Waals surface area (Å²) < 4.78 is 5.30. The average molecular weight is 519 g/mol. The molecule has 0 unspecified atom stereocenters. The maximum atomic E-state index is 12.8. The number of amidine groups is 1. The third-order valence-electron chi connectivity index (χ3n) is 5.94. The first-order chi connectivity index (χ1) is 17.5. The van der Waals surface area contributed by atoms with Crippen molar-refractivity contribution in [2.45, 2.75) is 24.1 Å². The molecule has 0 fully saturated rings. The number of carbonyl (C=O) groups excluding carboxylic acids is 2. The number of anilines is 1. The Morgan fingerprint density at radius 2 is 1.81 bits per heavy atom. The summed E-state index contributed by atoms with van der Waals surface area (Å²) in [5.41, 5.74) is 3.53. The molecular formula is C27H23ClN4O3S. The minimum atomic E-state index is -0.602. The third-order valence-corrected chi connectivity index (χ3v) is 7.34. The first kappa shape index (κ1) is 24.1. The van der Waals surface area contributed by atoms with Gasteiger partial charge >= 0.3 is 0 Å². The van der Waals surface area contributed by atoms with Crippen molar-refractivity contribution in [1.82, 2.24) is 5.01 Å². The van der Waals surface area contributed by atoms with Crippen LogP contribution in [0.1, 0.15) is 30.0 Å². The van der Waals surface area contributed by atoms with Gasteiger partial charge in [0.1, 0.15) is 11.0 Å². The second-order valence-corrected chi connectivity index (χ2v) is 9.95. The third kappa shape index (κ3) is 5.29. The number of rotatable bonds is 6. The highest BCUT2D eigenvalue weighted by molar-refractivity contribution is 8.15. The van der Waals surface area contributed by atoms with E-state index in [-0.39, 0.29) is 24.3 Å². The summed E-state index contributed by atoms with van der Waals surface area (Å²) in [6, 6.07) is 24.3. The Morgan fingerprint density at radius 3 is 2.50 bits per heavy atom. The number of hydrazone groups is 1. The van der Waals surface area contributed by atoms with Gasteiger partial charge in [0.2, 0.25) is 5.91 Å². The van der Waals surface area contributed by atoms with Gasteiger partial charge < -0.3 is 10.1 Å². The van der Waals surface area contributed by atoms with Crippen molar-refractivity contribution >= 4 is 51.7 Å². The van der Waals surface area contributed by atoms with E-state index < -0.39 is 5.25 Å². The number of aliphatic imine (C=N–C) groups is 1. The maximum absolute atomic E-state index is 12.8. The van der Waals surface area contributed by atoms with E-state index in [1.54, 1.807) is 24.3 Å². The van der Waals surface area contributed by atoms with Gasteiger partial charge in [0.15, 0.2) is 5.17 Å². The van der Waals surface area contributed by atoms with Gasteiger partial charge in [-0.3, -0.25) is 9.59 Å². The fourth-order valence-electron chi connectivity index (χ4n) is 4.10. The van der Waals surface area contributed by atoms with Crippen LogP contribution in [-0.2, 0) is 9.59 Å². The number of carbonyl (C=O) groups is 2. The summed E-state index contributed by atoms with van der Waals surface area (Å²) in [7, 11) is 1.63. The van der Waals surface area contributed by atoms with E-state index in [4.69, 9.17) is 21.4 Å². The van der Waals surface area contributed by atoms with Crippen LogP contribution in [0.5, 0.6) is 5.75 Å². The minimum absolute atomic E-state index is 0.0280. The predicted molar refractivity (Wildman–Crippen MR) is 144 cm³/mol. The van der Waals surface area contributed by atoms with Gasteiger partial charge in [-0.1, -0.05) is 65.8 Å². The first-order valence-electron chi connectivity index (χ1n) is 11.4. The van der Waals surface area contributed by atoms with Crippen molar-refractivity contribution in [3.8, 4) is 5.75 Å².